The number of carbonyl (C=O) groups is 3. The summed E-state index contributed by atoms with van der Waals surface area (Å²) in [5, 5.41) is 15.5. The Balaban J connectivity index is 3.32. The van der Waals surface area contributed by atoms with Gasteiger partial charge in [0.2, 0.25) is 11.8 Å². The van der Waals surface area contributed by atoms with Gasteiger partial charge in [0.1, 0.15) is 6.04 Å². The van der Waals surface area contributed by atoms with Crippen LogP contribution in [0.5, 0.6) is 0 Å². The largest absolute Gasteiger partial charge is 0.478 e. The minimum atomic E-state index is -1.02. The number of nitrogens with one attached hydrogen (secondary N) is 2. The van der Waals surface area contributed by atoms with Crippen LogP contribution in [0.1, 0.15) is 66.5 Å². The molecular formula is C28H45N3O4. The molecule has 0 spiro atoms. The van der Waals surface area contributed by atoms with Gasteiger partial charge < -0.3 is 20.6 Å². The fourth-order valence-corrected chi connectivity index (χ4v) is 4.34. The molecule has 3 atom stereocenters. The Labute approximate surface area is 211 Å². The van der Waals surface area contributed by atoms with Crippen LogP contribution in [0.4, 0.5) is 0 Å². The molecule has 7 heteroatoms. The third-order valence-electron chi connectivity index (χ3n) is 6.67. The van der Waals surface area contributed by atoms with Crippen LogP contribution in [0.3, 0.4) is 0 Å². The van der Waals surface area contributed by atoms with Gasteiger partial charge in [-0.15, -0.1) is 0 Å². The van der Waals surface area contributed by atoms with E-state index in [2.05, 4.69) is 16.7 Å². The van der Waals surface area contributed by atoms with Crippen molar-refractivity contribution in [3.8, 4) is 0 Å². The van der Waals surface area contributed by atoms with Gasteiger partial charge in [-0.2, -0.15) is 0 Å². The van der Waals surface area contributed by atoms with E-state index < -0.39 is 34.9 Å². The van der Waals surface area contributed by atoms with Crippen LogP contribution >= 0.6 is 0 Å². The van der Waals surface area contributed by atoms with Gasteiger partial charge in [0, 0.05) is 18.0 Å². The van der Waals surface area contributed by atoms with E-state index in [-0.39, 0.29) is 23.3 Å². The van der Waals surface area contributed by atoms with Gasteiger partial charge in [-0.1, -0.05) is 84.4 Å². The summed E-state index contributed by atoms with van der Waals surface area (Å²) in [6, 6.07) is 6.27. The zero-order valence-corrected chi connectivity index (χ0v) is 23.3. The highest BCUT2D eigenvalue weighted by Gasteiger charge is 2.41. The first-order valence-electron chi connectivity index (χ1n) is 12.2. The minimum absolute atomic E-state index is 0.0140. The van der Waals surface area contributed by atoms with E-state index in [9.17, 15) is 19.5 Å². The van der Waals surface area contributed by atoms with Crippen molar-refractivity contribution in [1.29, 1.82) is 0 Å². The van der Waals surface area contributed by atoms with Crippen molar-refractivity contribution in [2.24, 2.45) is 11.3 Å². The molecule has 0 aromatic heterocycles. The summed E-state index contributed by atoms with van der Waals surface area (Å²) in [4.78, 5) is 40.3. The molecule has 0 heterocycles. The number of aryl methyl sites for hydroxylation is 1. The molecule has 0 radical (unpaired) electrons. The lowest BCUT2D eigenvalue weighted by atomic mass is 9.76. The van der Waals surface area contributed by atoms with E-state index >= 15 is 0 Å². The standard InChI is InChI=1S/C28H45N3O4/c1-17(2)21(16-19(4)26(34)35)31(11)25(33)23(27(5,6)7)30-24(32)22(29-10)28(8,9)20-14-12-13-18(3)15-20/h12-17,21-23,29H,1-11H3,(H,30,32)(H,34,35)/t21-,22+,23?/m1/s1. The third kappa shape index (κ3) is 7.66. The quantitative estimate of drug-likeness (QED) is 0.435. The highest BCUT2D eigenvalue weighted by molar-refractivity contribution is 5.91. The van der Waals surface area contributed by atoms with Crippen LogP contribution in [-0.2, 0) is 19.8 Å². The smallest absolute Gasteiger partial charge is 0.331 e. The number of aliphatic carboxylic acids is 1. The average molecular weight is 488 g/mol. The number of benzene rings is 1. The molecule has 0 aliphatic heterocycles. The molecule has 0 aliphatic carbocycles. The number of hydrogen-bond donors (Lipinski definition) is 3. The van der Waals surface area contributed by atoms with Crippen molar-refractivity contribution in [3.63, 3.8) is 0 Å². The van der Waals surface area contributed by atoms with E-state index in [1.54, 1.807) is 25.1 Å². The first kappa shape index (κ1) is 30.4. The average Bonchev–Trinajstić information content (AvgIpc) is 2.73. The van der Waals surface area contributed by atoms with E-state index in [0.29, 0.717) is 0 Å². The number of rotatable bonds is 10. The molecule has 0 saturated heterocycles. The summed E-state index contributed by atoms with van der Waals surface area (Å²) < 4.78 is 0. The third-order valence-corrected chi connectivity index (χ3v) is 6.67. The second-order valence-electron chi connectivity index (χ2n) is 11.5. The lowest BCUT2D eigenvalue weighted by Crippen LogP contribution is -2.61. The number of amides is 2. The molecule has 0 saturated carbocycles. The molecule has 0 bridgehead atoms. The van der Waals surface area contributed by atoms with Crippen LogP contribution in [0.25, 0.3) is 0 Å². The molecule has 2 amide bonds. The molecular weight excluding hydrogens is 442 g/mol. The van der Waals surface area contributed by atoms with Crippen molar-refractivity contribution in [2.75, 3.05) is 14.1 Å². The van der Waals surface area contributed by atoms with Crippen molar-refractivity contribution in [1.82, 2.24) is 15.5 Å². The van der Waals surface area contributed by atoms with Crippen molar-refractivity contribution in [3.05, 3.63) is 47.0 Å². The molecule has 196 valence electrons. The van der Waals surface area contributed by atoms with Crippen molar-refractivity contribution in [2.45, 2.75) is 85.9 Å². The summed E-state index contributed by atoms with van der Waals surface area (Å²) in [6.07, 6.45) is 1.60. The fraction of sp³-hybridized carbons (Fsp3) is 0.607. The number of carbonyl (C=O) groups excluding carboxylic acids is 2. The normalized spacial score (nSPS) is 15.4. The van der Waals surface area contributed by atoms with Gasteiger partial charge in [0.15, 0.2) is 0 Å². The number of carboxylic acids is 1. The van der Waals surface area contributed by atoms with E-state index in [0.717, 1.165) is 11.1 Å². The highest BCUT2D eigenvalue weighted by atomic mass is 16.4. The minimum Gasteiger partial charge on any atom is -0.478 e. The van der Waals surface area contributed by atoms with Gasteiger partial charge >= 0.3 is 5.97 Å². The lowest BCUT2D eigenvalue weighted by Gasteiger charge is -2.40. The molecule has 35 heavy (non-hydrogen) atoms. The number of likely N-dealkylation sites (N-methyl/N-ethyl adjacent to an activating group) is 2. The summed E-state index contributed by atoms with van der Waals surface area (Å²) in [7, 11) is 3.41. The Morgan fingerprint density at radius 3 is 2.06 bits per heavy atom. The Morgan fingerprint density at radius 2 is 1.63 bits per heavy atom. The number of nitrogens with zero attached hydrogens (tertiary/aromatic N) is 1. The van der Waals surface area contributed by atoms with E-state index in [1.165, 1.54) is 6.92 Å². The number of hydrogen-bond acceptors (Lipinski definition) is 4. The molecule has 3 N–H and O–H groups in total. The maximum atomic E-state index is 13.7. The van der Waals surface area contributed by atoms with Crippen molar-refractivity contribution < 1.29 is 19.5 Å². The highest BCUT2D eigenvalue weighted by Crippen LogP contribution is 2.29. The van der Waals surface area contributed by atoms with Crippen LogP contribution in [0, 0.1) is 18.3 Å². The number of carboxylic acid groups (broad SMARTS) is 1. The molecule has 1 aromatic rings. The Kier molecular flexibility index (Phi) is 10.3. The summed E-state index contributed by atoms with van der Waals surface area (Å²) in [5.74, 6) is -1.56. The molecule has 1 rings (SSSR count). The first-order valence-corrected chi connectivity index (χ1v) is 12.2. The van der Waals surface area contributed by atoms with Gasteiger partial charge in [0.25, 0.3) is 0 Å². The van der Waals surface area contributed by atoms with Crippen molar-refractivity contribution >= 4 is 17.8 Å². The molecule has 7 nitrogen and oxygen atoms in total. The van der Waals surface area contributed by atoms with Crippen LogP contribution in [0.15, 0.2) is 35.9 Å². The van der Waals surface area contributed by atoms with Gasteiger partial charge in [0.05, 0.1) is 12.1 Å². The molecule has 1 aromatic carbocycles. The second kappa shape index (κ2) is 11.8. The van der Waals surface area contributed by atoms with Crippen LogP contribution in [-0.4, -0.2) is 60.0 Å². The summed E-state index contributed by atoms with van der Waals surface area (Å²) >= 11 is 0. The first-order chi connectivity index (χ1) is 15.9. The van der Waals surface area contributed by atoms with E-state index in [1.807, 2.05) is 73.6 Å². The van der Waals surface area contributed by atoms with Crippen LogP contribution < -0.4 is 10.6 Å². The maximum Gasteiger partial charge on any atom is 0.331 e. The van der Waals surface area contributed by atoms with Crippen LogP contribution in [0.2, 0.25) is 0 Å². The Bertz CT molecular complexity index is 944. The van der Waals surface area contributed by atoms with E-state index in [4.69, 9.17) is 0 Å². The predicted molar refractivity (Wildman–Crippen MR) is 141 cm³/mol. The van der Waals surface area contributed by atoms with Gasteiger partial charge in [-0.3, -0.25) is 9.59 Å². The SMILES string of the molecule is CN[C@@H](C(=O)NC(C(=O)N(C)[C@H](C=C(C)C(=O)O)C(C)C)C(C)(C)C)C(C)(C)c1cccc(C)c1. The zero-order chi connectivity index (χ0) is 27.3. The second-order valence-corrected chi connectivity index (χ2v) is 11.5. The van der Waals surface area contributed by atoms with Gasteiger partial charge in [-0.25, -0.2) is 4.79 Å². The molecule has 0 aliphatic rings. The summed E-state index contributed by atoms with van der Waals surface area (Å²) in [5.41, 5.74) is 1.20. The molecule has 1 unspecified atom stereocenters. The monoisotopic (exact) mass is 487 g/mol. The molecule has 0 fully saturated rings. The predicted octanol–water partition coefficient (Wildman–Crippen LogP) is 3.91. The lowest BCUT2D eigenvalue weighted by molar-refractivity contribution is -0.141. The Morgan fingerprint density at radius 1 is 1.06 bits per heavy atom. The Hall–Kier alpha value is -2.67. The fourth-order valence-electron chi connectivity index (χ4n) is 4.34. The summed E-state index contributed by atoms with van der Waals surface area (Å²) in [6.45, 7) is 17.2. The zero-order valence-electron chi connectivity index (χ0n) is 23.3. The topological polar surface area (TPSA) is 98.7 Å². The maximum absolute atomic E-state index is 13.7. The van der Waals surface area contributed by atoms with Gasteiger partial charge in [-0.05, 0) is 37.8 Å².